The molecule has 67 heavy (non-hydrogen) atoms. The van der Waals surface area contributed by atoms with Gasteiger partial charge in [0.15, 0.2) is 5.65 Å². The number of carbonyl (C=O) groups is 4. The molecule has 7 rings (SSSR count). The van der Waals surface area contributed by atoms with Gasteiger partial charge in [-0.1, -0.05) is 77.1 Å². The van der Waals surface area contributed by atoms with Crippen LogP contribution in [0.1, 0.15) is 106 Å². The number of halogens is 3. The number of hydrogen-bond acceptors (Lipinski definition) is 8. The van der Waals surface area contributed by atoms with Crippen LogP contribution in [0, 0.1) is 12.3 Å². The third-order valence-corrected chi connectivity index (χ3v) is 13.3. The predicted molar refractivity (Wildman–Crippen MR) is 253 cm³/mol. The summed E-state index contributed by atoms with van der Waals surface area (Å²) in [5.74, 6) is -1.19. The molecule has 0 bridgehead atoms. The molecule has 4 N–H and O–H groups in total. The van der Waals surface area contributed by atoms with E-state index < -0.39 is 35.3 Å². The van der Waals surface area contributed by atoms with Gasteiger partial charge < -0.3 is 26.0 Å². The van der Waals surface area contributed by atoms with Crippen LogP contribution in [-0.4, -0.2) is 84.2 Å². The van der Waals surface area contributed by atoms with Gasteiger partial charge >= 0.3 is 6.18 Å². The number of nitrogens with one attached hydrogen (secondary N) is 3. The number of unbranched alkanes of at least 4 members (excludes halogenated alkanes) is 6. The molecule has 1 aliphatic heterocycles. The first kappa shape index (κ1) is 48.9. The van der Waals surface area contributed by atoms with Gasteiger partial charge in [0.1, 0.15) is 12.1 Å². The predicted octanol–water partition coefficient (Wildman–Crippen LogP) is 8.63. The van der Waals surface area contributed by atoms with E-state index in [-0.39, 0.29) is 49.6 Å². The molecule has 356 valence electrons. The number of amides is 4. The normalized spacial score (nSPS) is 15.9. The van der Waals surface area contributed by atoms with Crippen molar-refractivity contribution in [3.63, 3.8) is 0 Å². The fourth-order valence-corrected chi connectivity index (χ4v) is 9.52. The zero-order chi connectivity index (χ0) is 48.0. The molecule has 3 aromatic heterocycles. The van der Waals surface area contributed by atoms with Gasteiger partial charge in [-0.2, -0.15) is 18.3 Å². The summed E-state index contributed by atoms with van der Waals surface area (Å²) in [6.07, 6.45) is 3.03. The third kappa shape index (κ3) is 11.7. The van der Waals surface area contributed by atoms with Gasteiger partial charge in [0.05, 0.1) is 33.3 Å². The lowest BCUT2D eigenvalue weighted by molar-refractivity contribution is -0.144. The Labute approximate surface area is 392 Å². The highest BCUT2D eigenvalue weighted by Crippen LogP contribution is 2.35. The lowest BCUT2D eigenvalue weighted by Gasteiger charge is -2.35. The number of rotatable bonds is 18. The molecule has 4 heterocycles. The number of likely N-dealkylation sites (tertiary alicyclic amines) is 1. The van der Waals surface area contributed by atoms with Crippen molar-refractivity contribution in [3.8, 4) is 16.1 Å². The van der Waals surface area contributed by atoms with Gasteiger partial charge in [0.25, 0.3) is 5.91 Å². The van der Waals surface area contributed by atoms with E-state index in [0.717, 1.165) is 88.6 Å². The van der Waals surface area contributed by atoms with Gasteiger partial charge in [-0.05, 0) is 78.8 Å². The molecule has 1 unspecified atom stereocenters. The summed E-state index contributed by atoms with van der Waals surface area (Å²) >= 11 is 1.57. The van der Waals surface area contributed by atoms with Gasteiger partial charge in [0, 0.05) is 67.7 Å². The lowest BCUT2D eigenvalue weighted by Crippen LogP contribution is -2.57. The van der Waals surface area contributed by atoms with Crippen LogP contribution in [0.4, 0.5) is 13.2 Å². The molecule has 0 radical (unpaired) electrons. The highest BCUT2D eigenvalue weighted by Gasteiger charge is 2.44. The number of aliphatic hydroxyl groups is 1. The molecule has 17 heteroatoms. The molecule has 1 saturated heterocycles. The first-order valence-corrected chi connectivity index (χ1v) is 23.8. The van der Waals surface area contributed by atoms with Crippen molar-refractivity contribution in [2.75, 3.05) is 13.1 Å². The van der Waals surface area contributed by atoms with Gasteiger partial charge in [-0.25, -0.2) is 4.98 Å². The lowest BCUT2D eigenvalue weighted by atomic mass is 9.85. The highest BCUT2D eigenvalue weighted by atomic mass is 32.1. The Balaban J connectivity index is 0.809. The molecule has 3 atom stereocenters. The average Bonchev–Trinajstić information content (AvgIpc) is 4.07. The second-order valence-electron chi connectivity index (χ2n) is 18.6. The van der Waals surface area contributed by atoms with E-state index in [1.54, 1.807) is 45.8 Å². The first-order valence-electron chi connectivity index (χ1n) is 22.9. The van der Waals surface area contributed by atoms with E-state index in [2.05, 4.69) is 26.0 Å². The zero-order valence-corrected chi connectivity index (χ0v) is 39.4. The number of nitrogens with zero attached hydrogens (tertiary/aromatic N) is 5. The minimum absolute atomic E-state index is 0.00904. The minimum atomic E-state index is -4.44. The molecular weight excluding hydrogens is 882 g/mol. The number of aromatic nitrogens is 4. The summed E-state index contributed by atoms with van der Waals surface area (Å²) in [7, 11) is 1.77. The topological polar surface area (TPSA) is 163 Å². The van der Waals surface area contributed by atoms with Gasteiger partial charge in [-0.15, -0.1) is 11.3 Å². The Hall–Kier alpha value is -6.07. The van der Waals surface area contributed by atoms with E-state index in [1.807, 2.05) is 63.7 Å². The third-order valence-electron chi connectivity index (χ3n) is 12.3. The van der Waals surface area contributed by atoms with Crippen LogP contribution in [0.15, 0.2) is 78.4 Å². The largest absolute Gasteiger partial charge is 0.416 e. The monoisotopic (exact) mass is 940 g/mol. The van der Waals surface area contributed by atoms with Gasteiger partial charge in [-0.3, -0.25) is 28.4 Å². The number of benzene rings is 3. The summed E-state index contributed by atoms with van der Waals surface area (Å²) in [6.45, 7) is 8.35. The fraction of sp³-hybridized carbons (Fsp3) is 0.440. The first-order chi connectivity index (χ1) is 31.9. The molecule has 13 nitrogen and oxygen atoms in total. The summed E-state index contributed by atoms with van der Waals surface area (Å²) < 4.78 is 43.1. The number of aliphatic hydroxyl groups excluding tert-OH is 1. The second kappa shape index (κ2) is 20.8. The average molecular weight is 941 g/mol. The van der Waals surface area contributed by atoms with Crippen molar-refractivity contribution in [1.29, 1.82) is 0 Å². The maximum atomic E-state index is 14.0. The Morgan fingerprint density at radius 1 is 0.881 bits per heavy atom. The maximum Gasteiger partial charge on any atom is 0.416 e. The number of hydrogen-bond donors (Lipinski definition) is 4. The summed E-state index contributed by atoms with van der Waals surface area (Å²) in [4.78, 5) is 60.6. The fourth-order valence-electron chi connectivity index (χ4n) is 8.71. The van der Waals surface area contributed by atoms with Crippen LogP contribution in [0.2, 0.25) is 0 Å². The molecular formula is C50H59F3N8O5S. The standard InChI is InChI=1S/C50H59F3N8O5S/c1-31-43(67-30-56-31)33-16-14-32(15-17-33)27-55-47(65)41-26-37(62)28-60(41)48(66)44(49(2,3)4)57-42(63)13-11-9-7-6-8-10-12-24-54-46(64)34-18-23-40-38(25-34)39-29-59(5)58-45(39)61(40)36-21-19-35(20-22-36)50(51,52)53/h14-23,25,29-30,37,41,44,62H,6-13,24,26-28H2,1-5H3,(H,54,64)(H,55,65)(H,57,63)/t37-,41+,44?/m1/s1. The number of alkyl halides is 3. The van der Waals surface area contributed by atoms with Crippen molar-refractivity contribution in [3.05, 3.63) is 101 Å². The zero-order valence-electron chi connectivity index (χ0n) is 38.6. The Morgan fingerprint density at radius 2 is 1.57 bits per heavy atom. The maximum absolute atomic E-state index is 14.0. The highest BCUT2D eigenvalue weighted by molar-refractivity contribution is 7.13. The summed E-state index contributed by atoms with van der Waals surface area (Å²) in [5.41, 5.74) is 5.66. The van der Waals surface area contributed by atoms with Crippen LogP contribution in [0.25, 0.3) is 38.1 Å². The Kier molecular flexibility index (Phi) is 15.2. The summed E-state index contributed by atoms with van der Waals surface area (Å²) in [5, 5.41) is 25.6. The number of β-amino-alcohol motifs (C(OH)–C–C–N with tert-alkyl or cyclic N) is 1. The molecule has 0 spiro atoms. The molecule has 6 aromatic rings. The smallest absolute Gasteiger partial charge is 0.391 e. The molecule has 1 fully saturated rings. The van der Waals surface area contributed by atoms with E-state index >= 15 is 0 Å². The number of aryl methyl sites for hydroxylation is 2. The Bertz CT molecular complexity index is 2700. The van der Waals surface area contributed by atoms with Crippen molar-refractivity contribution >= 4 is 56.9 Å². The van der Waals surface area contributed by atoms with E-state index in [0.29, 0.717) is 29.9 Å². The molecule has 0 aliphatic carbocycles. The number of fused-ring (bicyclic) bond motifs is 3. The van der Waals surface area contributed by atoms with E-state index in [9.17, 15) is 37.5 Å². The molecule has 0 saturated carbocycles. The van der Waals surface area contributed by atoms with Crippen molar-refractivity contribution < 1.29 is 37.5 Å². The Morgan fingerprint density at radius 3 is 2.22 bits per heavy atom. The van der Waals surface area contributed by atoms with Crippen molar-refractivity contribution in [2.24, 2.45) is 12.5 Å². The van der Waals surface area contributed by atoms with Crippen LogP contribution >= 0.6 is 11.3 Å². The van der Waals surface area contributed by atoms with Crippen LogP contribution in [0.3, 0.4) is 0 Å². The van der Waals surface area contributed by atoms with Crippen molar-refractivity contribution in [1.82, 2.24) is 40.2 Å². The number of thiazole rings is 1. The molecule has 3 aromatic carbocycles. The van der Waals surface area contributed by atoms with Gasteiger partial charge in [0.2, 0.25) is 17.7 Å². The van der Waals surface area contributed by atoms with Crippen molar-refractivity contribution in [2.45, 2.75) is 116 Å². The van der Waals surface area contributed by atoms with E-state index in [4.69, 9.17) is 0 Å². The minimum Gasteiger partial charge on any atom is -0.391 e. The molecule has 4 amide bonds. The number of carbonyl (C=O) groups excluding carboxylic acids is 4. The summed E-state index contributed by atoms with van der Waals surface area (Å²) in [6, 6.07) is 16.4. The van der Waals surface area contributed by atoms with E-state index in [1.165, 1.54) is 17.0 Å². The van der Waals surface area contributed by atoms with Crippen LogP contribution in [-0.2, 0) is 34.2 Å². The van der Waals surface area contributed by atoms with Crippen LogP contribution in [0.5, 0.6) is 0 Å². The molecule has 1 aliphatic rings. The quantitative estimate of drug-likeness (QED) is 0.0627. The SMILES string of the molecule is Cc1ncsc1-c1ccc(CNC(=O)[C@@H]2C[C@@H](O)CN2C(=O)C(NC(=O)CCCCCCCCCNC(=O)c2ccc3c(c2)c2cn(C)nc2n3-c2ccc(C(F)(F)F)cc2)C(C)(C)C)cc1. The second-order valence-corrected chi connectivity index (χ2v) is 19.4. The van der Waals surface area contributed by atoms with Crippen LogP contribution < -0.4 is 16.0 Å².